The molecule has 0 saturated heterocycles. The van der Waals surface area contributed by atoms with E-state index in [1.165, 1.54) is 0 Å². The predicted molar refractivity (Wildman–Crippen MR) is 117 cm³/mol. The van der Waals surface area contributed by atoms with E-state index in [4.69, 9.17) is 4.74 Å². The van der Waals surface area contributed by atoms with Crippen molar-refractivity contribution in [2.24, 2.45) is 0 Å². The monoisotopic (exact) mass is 435 g/mol. The first kappa shape index (κ1) is 20.7. The fourth-order valence-corrected chi connectivity index (χ4v) is 5.80. The number of rotatable bonds is 5. The molecule has 1 aliphatic rings. The zero-order valence-corrected chi connectivity index (χ0v) is 17.4. The van der Waals surface area contributed by atoms with E-state index in [1.807, 2.05) is 30.3 Å². The van der Waals surface area contributed by atoms with Crippen LogP contribution in [0.4, 0.5) is 4.79 Å². The summed E-state index contributed by atoms with van der Waals surface area (Å²) >= 11 is 0. The Hall–Kier alpha value is -3.58. The highest BCUT2D eigenvalue weighted by Crippen LogP contribution is 2.51. The Bertz CT molecular complexity index is 1210. The maximum Gasteiger partial charge on any atom is 0.409 e. The van der Waals surface area contributed by atoms with Crippen LogP contribution in [0.3, 0.4) is 0 Å². The van der Waals surface area contributed by atoms with Crippen LogP contribution >= 0.6 is 0 Å². The molecule has 0 aromatic heterocycles. The molecule has 0 fully saturated rings. The number of amides is 1. The molecule has 0 radical (unpaired) electrons. The number of aliphatic hydroxyl groups is 1. The number of aliphatic hydroxyl groups excluding tert-OH is 1. The predicted octanol–water partition coefficient (Wildman–Crippen LogP) is 4.51. The molecule has 1 atom stereocenters. The Labute approximate surface area is 180 Å². The molecule has 158 valence electrons. The van der Waals surface area contributed by atoms with Gasteiger partial charge in [0.05, 0.1) is 6.42 Å². The van der Waals surface area contributed by atoms with Gasteiger partial charge in [0.1, 0.15) is 10.7 Å². The lowest BCUT2D eigenvalue weighted by Gasteiger charge is -2.29. The maximum atomic E-state index is 13.7. The minimum atomic E-state index is -4.28. The van der Waals surface area contributed by atoms with Crippen LogP contribution in [0.25, 0.3) is 4.91 Å². The Balaban J connectivity index is 1.70. The molecule has 6 nitrogen and oxygen atoms in total. The van der Waals surface area contributed by atoms with Crippen molar-refractivity contribution in [3.05, 3.63) is 113 Å². The van der Waals surface area contributed by atoms with Crippen LogP contribution in [0, 0.1) is 0 Å². The van der Waals surface area contributed by atoms with Gasteiger partial charge in [-0.1, -0.05) is 91.0 Å². The van der Waals surface area contributed by atoms with E-state index >= 15 is 0 Å². The summed E-state index contributed by atoms with van der Waals surface area (Å²) in [6.45, 7) is 0.176. The quantitative estimate of drug-likeness (QED) is 0.615. The number of hydrogen-bond donors (Lipinski definition) is 2. The third kappa shape index (κ3) is 3.80. The molecular formula is C24H21NO5S. The van der Waals surface area contributed by atoms with Crippen molar-refractivity contribution in [1.82, 2.24) is 5.32 Å². The van der Waals surface area contributed by atoms with Gasteiger partial charge in [-0.25, -0.2) is 13.2 Å². The molecule has 0 saturated carbocycles. The SMILES string of the molecule is O=C(NCc1ccccc1)OC1(c2ccccc2)CC(O)=C(c2ccccc2)S1(=O)=O. The first-order chi connectivity index (χ1) is 14.9. The van der Waals surface area contributed by atoms with Crippen molar-refractivity contribution in [1.29, 1.82) is 0 Å². The Morgan fingerprint density at radius 2 is 1.45 bits per heavy atom. The summed E-state index contributed by atoms with van der Waals surface area (Å²) in [5.41, 5.74) is 1.45. The number of carbonyl (C=O) groups excluding carboxylic acids is 1. The first-order valence-electron chi connectivity index (χ1n) is 9.72. The standard InChI is InChI=1S/C24H21NO5S/c26-21-16-24(20-14-8-3-9-15-20,30-23(27)25-17-18-10-4-1-5-11-18)31(28,29)22(21)19-12-6-2-7-13-19/h1-15,26H,16-17H2,(H,25,27). The molecule has 1 amide bonds. The fraction of sp³-hybridized carbons (Fsp3) is 0.125. The molecule has 3 aromatic rings. The number of nitrogens with one attached hydrogen (secondary N) is 1. The second-order valence-electron chi connectivity index (χ2n) is 7.17. The van der Waals surface area contributed by atoms with Crippen LogP contribution in [0.15, 0.2) is 96.8 Å². The largest absolute Gasteiger partial charge is 0.511 e. The number of benzene rings is 3. The maximum absolute atomic E-state index is 13.7. The average Bonchev–Trinajstić information content (AvgIpc) is 2.99. The molecule has 1 heterocycles. The van der Waals surface area contributed by atoms with E-state index in [-0.39, 0.29) is 29.2 Å². The van der Waals surface area contributed by atoms with Crippen molar-refractivity contribution in [2.75, 3.05) is 0 Å². The summed E-state index contributed by atoms with van der Waals surface area (Å²) in [4.78, 5) is 10.4. The van der Waals surface area contributed by atoms with Crippen LogP contribution in [0.2, 0.25) is 0 Å². The van der Waals surface area contributed by atoms with Crippen molar-refractivity contribution in [2.45, 2.75) is 17.9 Å². The summed E-state index contributed by atoms with van der Waals surface area (Å²) in [7, 11) is -4.28. The van der Waals surface area contributed by atoms with E-state index in [0.29, 0.717) is 5.56 Å². The van der Waals surface area contributed by atoms with Crippen LogP contribution < -0.4 is 5.32 Å². The van der Waals surface area contributed by atoms with Gasteiger partial charge in [-0.15, -0.1) is 0 Å². The normalized spacial score (nSPS) is 19.7. The first-order valence-corrected chi connectivity index (χ1v) is 11.2. The lowest BCUT2D eigenvalue weighted by atomic mass is 10.0. The minimum Gasteiger partial charge on any atom is -0.511 e. The van der Waals surface area contributed by atoms with Gasteiger partial charge in [-0.05, 0) is 11.1 Å². The molecule has 0 spiro atoms. The van der Waals surface area contributed by atoms with Gasteiger partial charge in [0.25, 0.3) is 4.93 Å². The number of hydrogen-bond acceptors (Lipinski definition) is 5. The number of alkyl carbamates (subject to hydrolysis) is 1. The highest BCUT2D eigenvalue weighted by Gasteiger charge is 2.58. The Morgan fingerprint density at radius 3 is 2.06 bits per heavy atom. The fourth-order valence-electron chi connectivity index (χ4n) is 3.68. The van der Waals surface area contributed by atoms with Crippen LogP contribution in [-0.4, -0.2) is 19.6 Å². The van der Waals surface area contributed by atoms with Gasteiger partial charge in [0.2, 0.25) is 9.84 Å². The van der Waals surface area contributed by atoms with Crippen LogP contribution in [0.1, 0.15) is 23.1 Å². The van der Waals surface area contributed by atoms with Gasteiger partial charge in [0, 0.05) is 12.1 Å². The summed E-state index contributed by atoms with van der Waals surface area (Å²) in [5.74, 6) is -0.342. The summed E-state index contributed by atoms with van der Waals surface area (Å²) in [6, 6.07) is 25.7. The summed E-state index contributed by atoms with van der Waals surface area (Å²) in [5, 5.41) is 13.3. The average molecular weight is 436 g/mol. The van der Waals surface area contributed by atoms with Crippen LogP contribution in [0.5, 0.6) is 0 Å². The molecule has 7 heteroatoms. The third-order valence-corrected chi connectivity index (χ3v) is 7.49. The molecule has 4 rings (SSSR count). The summed E-state index contributed by atoms with van der Waals surface area (Å²) in [6.07, 6.45) is -1.26. The zero-order chi connectivity index (χ0) is 21.9. The van der Waals surface area contributed by atoms with Crippen molar-refractivity contribution in [3.8, 4) is 0 Å². The lowest BCUT2D eigenvalue weighted by Crippen LogP contribution is -2.41. The van der Waals surface area contributed by atoms with E-state index in [2.05, 4.69) is 5.32 Å². The van der Waals surface area contributed by atoms with Crippen LogP contribution in [-0.2, 0) is 26.1 Å². The Kier molecular flexibility index (Phi) is 5.52. The van der Waals surface area contributed by atoms with Gasteiger partial charge >= 0.3 is 6.09 Å². The number of sulfone groups is 1. The molecule has 0 aliphatic carbocycles. The minimum absolute atomic E-state index is 0.176. The van der Waals surface area contributed by atoms with E-state index < -0.39 is 20.9 Å². The second-order valence-corrected chi connectivity index (χ2v) is 9.24. The van der Waals surface area contributed by atoms with E-state index in [9.17, 15) is 18.3 Å². The molecule has 2 N–H and O–H groups in total. The molecule has 31 heavy (non-hydrogen) atoms. The third-order valence-electron chi connectivity index (χ3n) is 5.15. The van der Waals surface area contributed by atoms with E-state index in [0.717, 1.165) is 5.56 Å². The van der Waals surface area contributed by atoms with Crippen molar-refractivity contribution in [3.63, 3.8) is 0 Å². The summed E-state index contributed by atoms with van der Waals surface area (Å²) < 4.78 is 33.0. The van der Waals surface area contributed by atoms with Gasteiger partial charge in [-0.2, -0.15) is 0 Å². The lowest BCUT2D eigenvalue weighted by molar-refractivity contribution is 0.0641. The molecule has 1 unspecified atom stereocenters. The highest BCUT2D eigenvalue weighted by molar-refractivity contribution is 8.01. The van der Waals surface area contributed by atoms with E-state index in [1.54, 1.807) is 60.7 Å². The van der Waals surface area contributed by atoms with Crippen molar-refractivity contribution < 1.29 is 23.1 Å². The molecule has 0 bridgehead atoms. The Morgan fingerprint density at radius 1 is 0.903 bits per heavy atom. The van der Waals surface area contributed by atoms with Gasteiger partial charge in [0.15, 0.2) is 0 Å². The smallest absolute Gasteiger partial charge is 0.409 e. The number of carbonyl (C=O) groups is 1. The molecular weight excluding hydrogens is 414 g/mol. The molecule has 1 aliphatic heterocycles. The second kappa shape index (κ2) is 8.28. The number of ether oxygens (including phenoxy) is 1. The van der Waals surface area contributed by atoms with Gasteiger partial charge in [-0.3, -0.25) is 0 Å². The zero-order valence-electron chi connectivity index (χ0n) is 16.6. The topological polar surface area (TPSA) is 92.7 Å². The highest BCUT2D eigenvalue weighted by atomic mass is 32.2. The van der Waals surface area contributed by atoms with Crippen molar-refractivity contribution >= 4 is 20.8 Å². The molecule has 3 aromatic carbocycles. The van der Waals surface area contributed by atoms with Gasteiger partial charge < -0.3 is 15.2 Å².